The lowest BCUT2D eigenvalue weighted by Gasteiger charge is -2.34. The Kier molecular flexibility index (Phi) is 7.57. The van der Waals surface area contributed by atoms with Crippen molar-refractivity contribution < 1.29 is 8.42 Å². The maximum Gasteiger partial charge on any atom is 0.240 e. The molecule has 0 amide bonds. The molecule has 4 rings (SSSR count). The zero-order valence-electron chi connectivity index (χ0n) is 17.9. The first-order valence-corrected chi connectivity index (χ1v) is 13.5. The number of hydrogen-bond acceptors (Lipinski definition) is 7. The third-order valence-corrected chi connectivity index (χ3v) is 8.25. The normalized spacial score (nSPS) is 15.2. The van der Waals surface area contributed by atoms with E-state index in [4.69, 9.17) is 4.98 Å². The van der Waals surface area contributed by atoms with Crippen molar-refractivity contribution in [1.29, 1.82) is 0 Å². The van der Waals surface area contributed by atoms with Gasteiger partial charge in [-0.25, -0.2) is 18.1 Å². The van der Waals surface area contributed by atoms with Crippen LogP contribution in [0.1, 0.15) is 17.0 Å². The van der Waals surface area contributed by atoms with Gasteiger partial charge in [-0.2, -0.15) is 4.37 Å². The second-order valence-electron chi connectivity index (χ2n) is 7.84. The standard InChI is InChI=1S/C22H26BrN5O2S2/c1-17-2-4-18(5-3-17)16-21-25-22(31-26-21)28-14-12-27(13-15-28)11-10-24-32(29,30)20-8-6-19(23)7-9-20/h2-9,24H,10-16H2,1H3. The molecule has 0 aliphatic carbocycles. The van der Waals surface area contributed by atoms with Crippen LogP contribution in [0.3, 0.4) is 0 Å². The van der Waals surface area contributed by atoms with Gasteiger partial charge in [0.1, 0.15) is 5.82 Å². The number of aryl methyl sites for hydroxylation is 1. The van der Waals surface area contributed by atoms with Crippen LogP contribution in [0.25, 0.3) is 0 Å². The topological polar surface area (TPSA) is 78.4 Å². The molecule has 0 atom stereocenters. The Morgan fingerprint density at radius 2 is 1.72 bits per heavy atom. The summed E-state index contributed by atoms with van der Waals surface area (Å²) in [4.78, 5) is 9.55. The molecule has 1 fully saturated rings. The van der Waals surface area contributed by atoms with E-state index in [0.29, 0.717) is 13.1 Å². The van der Waals surface area contributed by atoms with Gasteiger partial charge in [0.05, 0.1) is 4.90 Å². The van der Waals surface area contributed by atoms with Gasteiger partial charge in [0.2, 0.25) is 15.2 Å². The van der Waals surface area contributed by atoms with E-state index in [-0.39, 0.29) is 4.90 Å². The van der Waals surface area contributed by atoms with E-state index in [1.807, 2.05) is 0 Å². The largest absolute Gasteiger partial charge is 0.344 e. The first-order chi connectivity index (χ1) is 15.4. The lowest BCUT2D eigenvalue weighted by Crippen LogP contribution is -2.48. The number of sulfonamides is 1. The zero-order valence-corrected chi connectivity index (χ0v) is 21.1. The highest BCUT2D eigenvalue weighted by Crippen LogP contribution is 2.21. The van der Waals surface area contributed by atoms with Gasteiger partial charge in [0, 0.05) is 61.7 Å². The van der Waals surface area contributed by atoms with Crippen molar-refractivity contribution in [3.8, 4) is 0 Å². The predicted molar refractivity (Wildman–Crippen MR) is 132 cm³/mol. The number of piperazine rings is 1. The summed E-state index contributed by atoms with van der Waals surface area (Å²) in [5.74, 6) is 0.860. The van der Waals surface area contributed by atoms with E-state index < -0.39 is 10.0 Å². The molecule has 0 bridgehead atoms. The van der Waals surface area contributed by atoms with Crippen LogP contribution in [0.4, 0.5) is 5.13 Å². The Morgan fingerprint density at radius 1 is 1.03 bits per heavy atom. The molecular weight excluding hydrogens is 510 g/mol. The van der Waals surface area contributed by atoms with E-state index in [1.165, 1.54) is 22.7 Å². The number of nitrogens with zero attached hydrogens (tertiary/aromatic N) is 4. The number of rotatable bonds is 8. The Labute approximate surface area is 201 Å². The molecule has 10 heteroatoms. The summed E-state index contributed by atoms with van der Waals surface area (Å²) in [5.41, 5.74) is 2.47. The molecule has 32 heavy (non-hydrogen) atoms. The Balaban J connectivity index is 1.23. The van der Waals surface area contributed by atoms with Crippen LogP contribution in [-0.2, 0) is 16.4 Å². The molecule has 3 aromatic rings. The molecular formula is C22H26BrN5O2S2. The van der Waals surface area contributed by atoms with E-state index in [1.54, 1.807) is 24.3 Å². The number of benzene rings is 2. The molecule has 1 aliphatic rings. The SMILES string of the molecule is Cc1ccc(Cc2nsc(N3CCN(CCNS(=O)(=O)c4ccc(Br)cc4)CC3)n2)cc1. The third-order valence-electron chi connectivity index (χ3n) is 5.43. The minimum atomic E-state index is -3.48. The molecule has 0 radical (unpaired) electrons. The van der Waals surface area contributed by atoms with E-state index >= 15 is 0 Å². The summed E-state index contributed by atoms with van der Waals surface area (Å²) in [5, 5.41) is 0.961. The summed E-state index contributed by atoms with van der Waals surface area (Å²) < 4.78 is 32.9. The van der Waals surface area contributed by atoms with Crippen molar-refractivity contribution in [1.82, 2.24) is 19.0 Å². The molecule has 0 spiro atoms. The molecule has 170 valence electrons. The maximum absolute atomic E-state index is 12.4. The summed E-state index contributed by atoms with van der Waals surface area (Å²) in [6, 6.07) is 15.1. The van der Waals surface area contributed by atoms with E-state index in [9.17, 15) is 8.42 Å². The maximum atomic E-state index is 12.4. The van der Waals surface area contributed by atoms with Crippen LogP contribution >= 0.6 is 27.5 Å². The van der Waals surface area contributed by atoms with E-state index in [2.05, 4.69) is 66.0 Å². The average Bonchev–Trinajstić information content (AvgIpc) is 3.24. The van der Waals surface area contributed by atoms with Crippen molar-refractivity contribution in [3.05, 3.63) is 70.0 Å². The van der Waals surface area contributed by atoms with Gasteiger partial charge in [-0.1, -0.05) is 45.8 Å². The fourth-order valence-electron chi connectivity index (χ4n) is 3.53. The average molecular weight is 537 g/mol. The van der Waals surface area contributed by atoms with Gasteiger partial charge in [-0.05, 0) is 36.8 Å². The number of aromatic nitrogens is 2. The molecule has 0 unspecified atom stereocenters. The molecule has 1 N–H and O–H groups in total. The molecule has 2 heterocycles. The lowest BCUT2D eigenvalue weighted by molar-refractivity contribution is 0.262. The fourth-order valence-corrected chi connectivity index (χ4v) is 5.55. The minimum Gasteiger partial charge on any atom is -0.344 e. The number of nitrogens with one attached hydrogen (secondary N) is 1. The molecule has 2 aromatic carbocycles. The van der Waals surface area contributed by atoms with Crippen LogP contribution in [0.15, 0.2) is 57.9 Å². The fraction of sp³-hybridized carbons (Fsp3) is 0.364. The second-order valence-corrected chi connectivity index (χ2v) is 11.2. The summed E-state index contributed by atoms with van der Waals surface area (Å²) in [6.45, 7) is 6.60. The van der Waals surface area contributed by atoms with Gasteiger partial charge in [-0.3, -0.25) is 4.90 Å². The number of halogens is 1. The van der Waals surface area contributed by atoms with Crippen LogP contribution < -0.4 is 9.62 Å². The highest BCUT2D eigenvalue weighted by Gasteiger charge is 2.21. The van der Waals surface area contributed by atoms with E-state index in [0.717, 1.165) is 48.0 Å². The predicted octanol–water partition coefficient (Wildman–Crippen LogP) is 3.30. The summed E-state index contributed by atoms with van der Waals surface area (Å²) in [7, 11) is -3.48. The molecule has 1 saturated heterocycles. The van der Waals surface area contributed by atoms with Crippen molar-refractivity contribution in [2.24, 2.45) is 0 Å². The second kappa shape index (κ2) is 10.4. The first-order valence-electron chi connectivity index (χ1n) is 10.5. The van der Waals surface area contributed by atoms with Crippen LogP contribution in [0.2, 0.25) is 0 Å². The van der Waals surface area contributed by atoms with Gasteiger partial charge in [0.15, 0.2) is 0 Å². The minimum absolute atomic E-state index is 0.281. The van der Waals surface area contributed by atoms with Crippen molar-refractivity contribution in [3.63, 3.8) is 0 Å². The van der Waals surface area contributed by atoms with Gasteiger partial charge in [-0.15, -0.1) is 0 Å². The number of hydrogen-bond donors (Lipinski definition) is 1. The molecule has 7 nitrogen and oxygen atoms in total. The van der Waals surface area contributed by atoms with Crippen LogP contribution in [0.5, 0.6) is 0 Å². The van der Waals surface area contributed by atoms with Crippen molar-refractivity contribution in [2.75, 3.05) is 44.2 Å². The Bertz CT molecular complexity index is 1130. The lowest BCUT2D eigenvalue weighted by atomic mass is 10.1. The monoisotopic (exact) mass is 535 g/mol. The Hall–Kier alpha value is -1.85. The smallest absolute Gasteiger partial charge is 0.240 e. The zero-order chi connectivity index (χ0) is 22.6. The van der Waals surface area contributed by atoms with Gasteiger partial charge < -0.3 is 4.90 Å². The first kappa shape index (κ1) is 23.3. The summed E-state index contributed by atoms with van der Waals surface area (Å²) >= 11 is 4.77. The van der Waals surface area contributed by atoms with Gasteiger partial charge >= 0.3 is 0 Å². The van der Waals surface area contributed by atoms with Crippen LogP contribution in [-0.4, -0.2) is 61.9 Å². The Morgan fingerprint density at radius 3 is 2.41 bits per heavy atom. The molecule has 0 saturated carbocycles. The van der Waals surface area contributed by atoms with Crippen LogP contribution in [0, 0.1) is 6.92 Å². The quantitative estimate of drug-likeness (QED) is 0.476. The van der Waals surface area contributed by atoms with Gasteiger partial charge in [0.25, 0.3) is 0 Å². The molecule has 1 aromatic heterocycles. The summed E-state index contributed by atoms with van der Waals surface area (Å²) in [6.07, 6.45) is 0.745. The highest BCUT2D eigenvalue weighted by molar-refractivity contribution is 9.10. The third kappa shape index (κ3) is 6.14. The van der Waals surface area contributed by atoms with Crippen molar-refractivity contribution >= 4 is 42.6 Å². The van der Waals surface area contributed by atoms with Crippen molar-refractivity contribution in [2.45, 2.75) is 18.2 Å². The highest BCUT2D eigenvalue weighted by atomic mass is 79.9. The number of anilines is 1. The molecule has 1 aliphatic heterocycles.